The number of aliphatic hydroxyl groups excluding tert-OH is 1. The number of likely N-dealkylation sites (tertiary alicyclic amines) is 1. The van der Waals surface area contributed by atoms with Crippen molar-refractivity contribution >= 4 is 11.7 Å². The number of fused-ring (bicyclic) bond motifs is 3. The van der Waals surface area contributed by atoms with E-state index in [4.69, 9.17) is 9.47 Å². The molecule has 3 aliphatic heterocycles. The van der Waals surface area contributed by atoms with Crippen LogP contribution in [0.5, 0.6) is 0 Å². The SMILES string of the molecule is CC=C1CN(C)C2CC1C(CO)(C(=O)OC)C13CCOC21Nc1ccccc13. The fourth-order valence-corrected chi connectivity index (χ4v) is 7.03. The van der Waals surface area contributed by atoms with Crippen LogP contribution in [0, 0.1) is 11.3 Å². The van der Waals surface area contributed by atoms with E-state index in [1.807, 2.05) is 25.1 Å². The Kier molecular flexibility index (Phi) is 3.77. The maximum atomic E-state index is 13.5. The zero-order valence-corrected chi connectivity index (χ0v) is 16.7. The van der Waals surface area contributed by atoms with Gasteiger partial charge in [-0.2, -0.15) is 0 Å². The number of rotatable bonds is 2. The van der Waals surface area contributed by atoms with E-state index < -0.39 is 16.6 Å². The lowest BCUT2D eigenvalue weighted by Gasteiger charge is -2.64. The maximum Gasteiger partial charge on any atom is 0.315 e. The Hall–Kier alpha value is -1.89. The minimum atomic E-state index is -1.09. The predicted octanol–water partition coefficient (Wildman–Crippen LogP) is 1.90. The van der Waals surface area contributed by atoms with Gasteiger partial charge in [0.25, 0.3) is 0 Å². The van der Waals surface area contributed by atoms with E-state index in [1.165, 1.54) is 12.7 Å². The first-order valence-electron chi connectivity index (χ1n) is 10.1. The lowest BCUT2D eigenvalue weighted by Crippen LogP contribution is -2.78. The standard InChI is InChI=1S/C22H28N2O4/c1-4-14-12-24(2)18-11-16(14)20(13-25,19(26)27-3)21-9-10-28-22(18,21)23-17-8-6-5-7-15(17)21/h4-8,16,18,23,25H,9-13H2,1-3H3. The van der Waals surface area contributed by atoms with Crippen LogP contribution in [0.15, 0.2) is 35.9 Å². The Morgan fingerprint density at radius 3 is 2.96 bits per heavy atom. The molecule has 1 aromatic rings. The number of aliphatic hydroxyl groups is 1. The quantitative estimate of drug-likeness (QED) is 0.600. The van der Waals surface area contributed by atoms with Gasteiger partial charge in [0.1, 0.15) is 5.41 Å². The molecular weight excluding hydrogens is 356 g/mol. The van der Waals surface area contributed by atoms with Gasteiger partial charge in [0, 0.05) is 18.2 Å². The fourth-order valence-electron chi connectivity index (χ4n) is 7.03. The van der Waals surface area contributed by atoms with Crippen LogP contribution in [0.2, 0.25) is 0 Å². The van der Waals surface area contributed by atoms with Gasteiger partial charge in [-0.15, -0.1) is 0 Å². The molecule has 0 radical (unpaired) electrons. The Balaban J connectivity index is 1.88. The number of hydrogen-bond acceptors (Lipinski definition) is 6. The Labute approximate surface area is 165 Å². The summed E-state index contributed by atoms with van der Waals surface area (Å²) in [5.41, 5.74) is 0.724. The highest BCUT2D eigenvalue weighted by molar-refractivity contribution is 5.85. The van der Waals surface area contributed by atoms with E-state index in [9.17, 15) is 9.90 Å². The molecule has 1 saturated carbocycles. The molecule has 5 rings (SSSR count). The van der Waals surface area contributed by atoms with Crippen molar-refractivity contribution in [2.24, 2.45) is 11.3 Å². The van der Waals surface area contributed by atoms with Crippen molar-refractivity contribution in [3.63, 3.8) is 0 Å². The molecule has 3 heterocycles. The van der Waals surface area contributed by atoms with Crippen molar-refractivity contribution in [3.8, 4) is 0 Å². The fraction of sp³-hybridized carbons (Fsp3) is 0.591. The van der Waals surface area contributed by atoms with Gasteiger partial charge < -0.3 is 19.9 Å². The smallest absolute Gasteiger partial charge is 0.315 e. The molecule has 1 aliphatic carbocycles. The lowest BCUT2D eigenvalue weighted by atomic mass is 9.43. The van der Waals surface area contributed by atoms with Crippen LogP contribution in [0.25, 0.3) is 0 Å². The van der Waals surface area contributed by atoms with Crippen molar-refractivity contribution in [3.05, 3.63) is 41.5 Å². The summed E-state index contributed by atoms with van der Waals surface area (Å²) in [6.45, 7) is 3.06. The van der Waals surface area contributed by atoms with E-state index >= 15 is 0 Å². The monoisotopic (exact) mass is 384 g/mol. The average Bonchev–Trinajstić information content (AvgIpc) is 3.23. The van der Waals surface area contributed by atoms with Crippen LogP contribution in [-0.2, 0) is 19.7 Å². The van der Waals surface area contributed by atoms with Gasteiger partial charge in [-0.25, -0.2) is 0 Å². The number of hydrogen-bond donors (Lipinski definition) is 2. The van der Waals surface area contributed by atoms with Crippen molar-refractivity contribution in [2.45, 2.75) is 36.9 Å². The van der Waals surface area contributed by atoms with E-state index in [2.05, 4.69) is 29.4 Å². The second-order valence-corrected chi connectivity index (χ2v) is 8.61. The third-order valence-corrected chi connectivity index (χ3v) is 8.01. The van der Waals surface area contributed by atoms with Gasteiger partial charge in [0.2, 0.25) is 0 Å². The summed E-state index contributed by atoms with van der Waals surface area (Å²) in [5.74, 6) is -0.422. The summed E-state index contributed by atoms with van der Waals surface area (Å²) >= 11 is 0. The van der Waals surface area contributed by atoms with Gasteiger partial charge in [-0.1, -0.05) is 29.8 Å². The van der Waals surface area contributed by atoms with Gasteiger partial charge in [-0.05, 0) is 38.4 Å². The Bertz CT molecular complexity index is 870. The van der Waals surface area contributed by atoms with Crippen molar-refractivity contribution in [2.75, 3.05) is 39.2 Å². The van der Waals surface area contributed by atoms with Crippen LogP contribution in [0.3, 0.4) is 0 Å². The molecule has 5 unspecified atom stereocenters. The number of allylic oxidation sites excluding steroid dienone is 1. The molecule has 0 aromatic heterocycles. The highest BCUT2D eigenvalue weighted by atomic mass is 16.5. The van der Waals surface area contributed by atoms with Crippen LogP contribution >= 0.6 is 0 Å². The highest BCUT2D eigenvalue weighted by Gasteiger charge is 2.81. The topological polar surface area (TPSA) is 71.0 Å². The molecule has 1 aromatic carbocycles. The number of ether oxygens (including phenoxy) is 2. The van der Waals surface area contributed by atoms with Crippen LogP contribution in [0.1, 0.15) is 25.3 Å². The van der Waals surface area contributed by atoms with E-state index in [-0.39, 0.29) is 24.5 Å². The minimum absolute atomic E-state index is 0.0843. The first kappa shape index (κ1) is 18.2. The molecule has 3 fully saturated rings. The largest absolute Gasteiger partial charge is 0.468 e. The number of likely N-dealkylation sites (N-methyl/N-ethyl adjacent to an activating group) is 1. The van der Waals surface area contributed by atoms with E-state index in [0.29, 0.717) is 13.0 Å². The third-order valence-electron chi connectivity index (χ3n) is 8.01. The van der Waals surface area contributed by atoms with Crippen LogP contribution in [0.4, 0.5) is 5.69 Å². The molecule has 2 bridgehead atoms. The summed E-state index contributed by atoms with van der Waals surface area (Å²) in [7, 11) is 3.55. The first-order valence-corrected chi connectivity index (χ1v) is 10.1. The molecule has 28 heavy (non-hydrogen) atoms. The summed E-state index contributed by atoms with van der Waals surface area (Å²) < 4.78 is 11.9. The second kappa shape index (κ2) is 5.81. The number of benzene rings is 1. The molecule has 6 nitrogen and oxygen atoms in total. The Morgan fingerprint density at radius 2 is 2.25 bits per heavy atom. The number of esters is 1. The second-order valence-electron chi connectivity index (χ2n) is 8.61. The predicted molar refractivity (Wildman–Crippen MR) is 105 cm³/mol. The van der Waals surface area contributed by atoms with Crippen molar-refractivity contribution in [1.82, 2.24) is 4.90 Å². The maximum absolute atomic E-state index is 13.5. The zero-order chi connectivity index (χ0) is 19.7. The summed E-state index contributed by atoms with van der Waals surface area (Å²) in [6, 6.07) is 8.24. The third kappa shape index (κ3) is 1.70. The van der Waals surface area contributed by atoms with Gasteiger partial charge in [0.15, 0.2) is 5.72 Å². The van der Waals surface area contributed by atoms with Crippen molar-refractivity contribution < 1.29 is 19.4 Å². The van der Waals surface area contributed by atoms with Crippen LogP contribution in [-0.4, -0.2) is 61.7 Å². The van der Waals surface area contributed by atoms with Crippen molar-refractivity contribution in [1.29, 1.82) is 0 Å². The molecule has 6 heteroatoms. The minimum Gasteiger partial charge on any atom is -0.468 e. The number of nitrogens with one attached hydrogen (secondary N) is 1. The zero-order valence-electron chi connectivity index (χ0n) is 16.7. The van der Waals surface area contributed by atoms with E-state index in [1.54, 1.807) is 0 Å². The Morgan fingerprint density at radius 1 is 1.46 bits per heavy atom. The number of nitrogens with zero attached hydrogens (tertiary/aromatic N) is 1. The van der Waals surface area contributed by atoms with E-state index in [0.717, 1.165) is 24.2 Å². The molecule has 4 aliphatic rings. The molecular formula is C22H28N2O4. The summed E-state index contributed by atoms with van der Waals surface area (Å²) in [4.78, 5) is 15.9. The molecule has 0 spiro atoms. The van der Waals surface area contributed by atoms with Gasteiger partial charge in [0.05, 0.1) is 31.8 Å². The highest BCUT2D eigenvalue weighted by Crippen LogP contribution is 2.71. The molecule has 0 amide bonds. The number of anilines is 1. The number of methoxy groups -OCH3 is 1. The van der Waals surface area contributed by atoms with Gasteiger partial charge in [-0.3, -0.25) is 9.69 Å². The normalized spacial score (nSPS) is 42.5. The molecule has 2 N–H and O–H groups in total. The number of carbonyl (C=O) groups is 1. The van der Waals surface area contributed by atoms with Crippen LogP contribution < -0.4 is 5.32 Å². The molecule has 5 atom stereocenters. The number of para-hydroxylation sites is 1. The lowest BCUT2D eigenvalue weighted by molar-refractivity contribution is -0.202. The number of piperidine rings is 1. The van der Waals surface area contributed by atoms with Gasteiger partial charge >= 0.3 is 5.97 Å². The molecule has 2 saturated heterocycles. The first-order chi connectivity index (χ1) is 13.5. The summed E-state index contributed by atoms with van der Waals surface area (Å²) in [5, 5.41) is 14.6. The average molecular weight is 384 g/mol. The summed E-state index contributed by atoms with van der Waals surface area (Å²) in [6.07, 6.45) is 3.53. The number of carbonyl (C=O) groups excluding carboxylic acids is 1. The molecule has 150 valence electrons.